The van der Waals surface area contributed by atoms with Crippen LogP contribution in [0.15, 0.2) is 54.7 Å². The van der Waals surface area contributed by atoms with E-state index in [-0.39, 0.29) is 5.91 Å². The van der Waals surface area contributed by atoms with E-state index in [4.69, 9.17) is 11.1 Å². The minimum atomic E-state index is -0.325. The number of H-pyrrole nitrogens is 1. The molecule has 5 N–H and O–H groups in total. The van der Waals surface area contributed by atoms with Crippen molar-refractivity contribution in [3.05, 3.63) is 66.0 Å². The number of aromatic nitrogens is 2. The third-order valence-electron chi connectivity index (χ3n) is 4.05. The maximum atomic E-state index is 12.3. The Morgan fingerprint density at radius 2 is 2.08 bits per heavy atom. The molecule has 0 aliphatic heterocycles. The first-order valence-corrected chi connectivity index (χ1v) is 8.71. The number of nitrogens with zero attached hydrogens (tertiary/aromatic N) is 1. The van der Waals surface area contributed by atoms with Crippen LogP contribution in [0.2, 0.25) is 0 Å². The van der Waals surface area contributed by atoms with Crippen LogP contribution in [-0.2, 0) is 0 Å². The number of fused-ring (bicyclic) bond motifs is 1. The molecule has 26 heavy (non-hydrogen) atoms. The summed E-state index contributed by atoms with van der Waals surface area (Å²) in [4.78, 5) is 13.3. The summed E-state index contributed by atoms with van der Waals surface area (Å²) in [7, 11) is 0. The molecule has 0 saturated heterocycles. The van der Waals surface area contributed by atoms with Gasteiger partial charge in [-0.2, -0.15) is 5.10 Å². The van der Waals surface area contributed by atoms with Gasteiger partial charge < -0.3 is 16.5 Å². The Morgan fingerprint density at radius 1 is 1.23 bits per heavy atom. The summed E-state index contributed by atoms with van der Waals surface area (Å²) in [6.07, 6.45) is 2.78. The molecule has 0 fully saturated rings. The zero-order chi connectivity index (χ0) is 18.1. The minimum absolute atomic E-state index is 0.293. The molecule has 0 spiro atoms. The Balaban J connectivity index is 1.78. The van der Waals surface area contributed by atoms with Crippen molar-refractivity contribution in [2.24, 2.45) is 0 Å². The molecule has 4 aromatic rings. The molecule has 2 heterocycles. The van der Waals surface area contributed by atoms with Crippen molar-refractivity contribution >= 4 is 44.9 Å². The van der Waals surface area contributed by atoms with Crippen LogP contribution in [0.25, 0.3) is 20.5 Å². The van der Waals surface area contributed by atoms with E-state index in [0.29, 0.717) is 22.6 Å². The largest absolute Gasteiger partial charge is 0.398 e. The van der Waals surface area contributed by atoms with E-state index in [0.717, 1.165) is 20.5 Å². The lowest BCUT2D eigenvalue weighted by Gasteiger charge is -2.11. The van der Waals surface area contributed by atoms with Gasteiger partial charge in [-0.05, 0) is 35.7 Å². The van der Waals surface area contributed by atoms with Crippen molar-refractivity contribution in [2.75, 3.05) is 11.1 Å². The molecule has 0 bridgehead atoms. The van der Waals surface area contributed by atoms with Crippen LogP contribution in [0.1, 0.15) is 16.1 Å². The number of amides is 1. The predicted octanol–water partition coefficient (Wildman–Crippen LogP) is 4.12. The van der Waals surface area contributed by atoms with E-state index in [1.165, 1.54) is 6.21 Å². The topological polar surface area (TPSA) is 108 Å². The Hall–Kier alpha value is -3.45. The summed E-state index contributed by atoms with van der Waals surface area (Å²) in [5.41, 5.74) is 9.00. The maximum Gasteiger partial charge on any atom is 0.276 e. The first-order chi connectivity index (χ1) is 12.7. The van der Waals surface area contributed by atoms with Crippen LogP contribution < -0.4 is 11.1 Å². The maximum absolute atomic E-state index is 12.3. The zero-order valence-electron chi connectivity index (χ0n) is 13.6. The fourth-order valence-corrected chi connectivity index (χ4v) is 3.86. The molecule has 0 aliphatic rings. The molecule has 1 amide bonds. The minimum Gasteiger partial charge on any atom is -0.398 e. The van der Waals surface area contributed by atoms with E-state index in [9.17, 15) is 4.79 Å². The van der Waals surface area contributed by atoms with Crippen LogP contribution in [0.4, 0.5) is 11.4 Å². The molecule has 7 heteroatoms. The molecule has 2 aromatic carbocycles. The van der Waals surface area contributed by atoms with Crippen molar-refractivity contribution in [3.63, 3.8) is 0 Å². The van der Waals surface area contributed by atoms with Gasteiger partial charge in [0.15, 0.2) is 0 Å². The van der Waals surface area contributed by atoms with Gasteiger partial charge in [0.2, 0.25) is 0 Å². The highest BCUT2D eigenvalue weighted by atomic mass is 32.1. The van der Waals surface area contributed by atoms with E-state index in [1.54, 1.807) is 29.7 Å². The summed E-state index contributed by atoms with van der Waals surface area (Å²) in [5.74, 6) is -0.325. The number of nitrogens with two attached hydrogens (primary N) is 1. The van der Waals surface area contributed by atoms with Crippen LogP contribution in [0.5, 0.6) is 0 Å². The molecule has 4 rings (SSSR count). The third kappa shape index (κ3) is 2.84. The number of hydrogen-bond acceptors (Lipinski definition) is 5. The van der Waals surface area contributed by atoms with Crippen LogP contribution in [0, 0.1) is 5.41 Å². The Kier molecular flexibility index (Phi) is 3.98. The molecular weight excluding hydrogens is 346 g/mol. The quantitative estimate of drug-likeness (QED) is 0.324. The summed E-state index contributed by atoms with van der Waals surface area (Å²) >= 11 is 1.62. The molecule has 128 valence electrons. The summed E-state index contributed by atoms with van der Waals surface area (Å²) in [6.45, 7) is 0. The van der Waals surface area contributed by atoms with Gasteiger partial charge in [0.25, 0.3) is 5.91 Å². The van der Waals surface area contributed by atoms with Gasteiger partial charge in [0.1, 0.15) is 5.69 Å². The predicted molar refractivity (Wildman–Crippen MR) is 106 cm³/mol. The summed E-state index contributed by atoms with van der Waals surface area (Å²) in [6, 6.07) is 15.3. The van der Waals surface area contributed by atoms with Crippen LogP contribution >= 0.6 is 11.3 Å². The number of thiophene rings is 1. The van der Waals surface area contributed by atoms with Crippen molar-refractivity contribution in [1.29, 1.82) is 5.41 Å². The second kappa shape index (κ2) is 6.45. The number of nitrogens with one attached hydrogen (secondary N) is 3. The monoisotopic (exact) mass is 361 g/mol. The number of aromatic amines is 1. The number of nitrogen functional groups attached to an aromatic ring is 1. The van der Waals surface area contributed by atoms with Crippen LogP contribution in [-0.4, -0.2) is 22.3 Å². The number of carbonyl (C=O) groups excluding carboxylic acids is 1. The number of hydrogen-bond donors (Lipinski definition) is 4. The summed E-state index contributed by atoms with van der Waals surface area (Å²) < 4.78 is 1.16. The molecule has 6 nitrogen and oxygen atoms in total. The van der Waals surface area contributed by atoms with Gasteiger partial charge in [-0.25, -0.2) is 0 Å². The SMILES string of the molecule is N=Cc1cc(NC(=O)c2cc[nH]n2)cc(-c2cc3ccccc3s2)c1N. The second-order valence-electron chi connectivity index (χ2n) is 5.73. The van der Waals surface area contributed by atoms with Crippen molar-refractivity contribution in [2.45, 2.75) is 0 Å². The molecular formula is C19H15N5OS. The zero-order valence-corrected chi connectivity index (χ0v) is 14.4. The highest BCUT2D eigenvalue weighted by molar-refractivity contribution is 7.22. The van der Waals surface area contributed by atoms with Gasteiger partial charge in [0.05, 0.1) is 0 Å². The number of carbonyl (C=O) groups is 1. The van der Waals surface area contributed by atoms with Gasteiger partial charge in [-0.3, -0.25) is 9.89 Å². The normalized spacial score (nSPS) is 10.8. The molecule has 2 aromatic heterocycles. The Morgan fingerprint density at radius 3 is 2.81 bits per heavy atom. The van der Waals surface area contributed by atoms with Gasteiger partial charge in [0, 0.05) is 44.5 Å². The Labute approximate surface area is 153 Å². The molecule has 0 atom stereocenters. The molecule has 0 aliphatic carbocycles. The first kappa shape index (κ1) is 16.0. The lowest BCUT2D eigenvalue weighted by atomic mass is 10.0. The lowest BCUT2D eigenvalue weighted by Crippen LogP contribution is -2.13. The summed E-state index contributed by atoms with van der Waals surface area (Å²) in [5, 5.41) is 18.1. The Bertz CT molecular complexity index is 1080. The van der Waals surface area contributed by atoms with E-state index in [1.807, 2.05) is 24.3 Å². The van der Waals surface area contributed by atoms with Gasteiger partial charge in [-0.1, -0.05) is 18.2 Å². The highest BCUT2D eigenvalue weighted by Gasteiger charge is 2.14. The average molecular weight is 361 g/mol. The lowest BCUT2D eigenvalue weighted by molar-refractivity contribution is 0.102. The molecule has 0 saturated carbocycles. The number of rotatable bonds is 4. The van der Waals surface area contributed by atoms with E-state index >= 15 is 0 Å². The van der Waals surface area contributed by atoms with Crippen molar-refractivity contribution < 1.29 is 4.79 Å². The van der Waals surface area contributed by atoms with Gasteiger partial charge in [-0.15, -0.1) is 11.3 Å². The smallest absolute Gasteiger partial charge is 0.276 e. The number of anilines is 2. The fraction of sp³-hybridized carbons (Fsp3) is 0. The first-order valence-electron chi connectivity index (χ1n) is 7.90. The third-order valence-corrected chi connectivity index (χ3v) is 5.20. The van der Waals surface area contributed by atoms with Crippen LogP contribution in [0.3, 0.4) is 0 Å². The molecule has 0 radical (unpaired) electrons. The van der Waals surface area contributed by atoms with E-state index in [2.05, 4.69) is 27.6 Å². The standard InChI is InChI=1S/C19H15N5OS/c20-10-12-7-13(23-19(25)15-5-6-22-24-15)9-14(18(12)21)17-8-11-3-1-2-4-16(11)26-17/h1-10,20H,21H2,(H,22,24)(H,23,25). The average Bonchev–Trinajstić information content (AvgIpc) is 3.32. The van der Waals surface area contributed by atoms with Crippen molar-refractivity contribution in [1.82, 2.24) is 10.2 Å². The number of benzene rings is 2. The van der Waals surface area contributed by atoms with E-state index < -0.39 is 0 Å². The fourth-order valence-electron chi connectivity index (χ4n) is 2.77. The van der Waals surface area contributed by atoms with Crippen molar-refractivity contribution in [3.8, 4) is 10.4 Å². The highest BCUT2D eigenvalue weighted by Crippen LogP contribution is 2.38. The second-order valence-corrected chi connectivity index (χ2v) is 6.82. The van der Waals surface area contributed by atoms with Gasteiger partial charge >= 0.3 is 0 Å². The molecule has 0 unspecified atom stereocenters.